The minimum atomic E-state index is -0.332. The summed E-state index contributed by atoms with van der Waals surface area (Å²) in [6.07, 6.45) is 1.50. The van der Waals surface area contributed by atoms with Gasteiger partial charge >= 0.3 is 4.87 Å². The molecule has 0 aliphatic heterocycles. The Morgan fingerprint density at radius 2 is 2.33 bits per heavy atom. The Bertz CT molecular complexity index is 613. The fourth-order valence-corrected chi connectivity index (χ4v) is 2.04. The van der Waals surface area contributed by atoms with E-state index in [1.807, 2.05) is 0 Å². The molecule has 2 aromatic heterocycles. The zero-order valence-electron chi connectivity index (χ0n) is 9.88. The van der Waals surface area contributed by atoms with Crippen molar-refractivity contribution in [1.82, 2.24) is 24.8 Å². The molecule has 0 aliphatic rings. The second-order valence-corrected chi connectivity index (χ2v) is 4.49. The first-order chi connectivity index (χ1) is 8.58. The highest BCUT2D eigenvalue weighted by Gasteiger charge is 2.08. The molecule has 2 aromatic rings. The minimum Gasteiger partial charge on any atom is -0.302 e. The average molecular weight is 268 g/mol. The van der Waals surface area contributed by atoms with Gasteiger partial charge in [-0.25, -0.2) is 0 Å². The van der Waals surface area contributed by atoms with Crippen molar-refractivity contribution in [2.24, 2.45) is 7.05 Å². The molecule has 18 heavy (non-hydrogen) atoms. The van der Waals surface area contributed by atoms with Crippen LogP contribution < -0.4 is 15.7 Å². The molecule has 0 aromatic carbocycles. The smallest absolute Gasteiger partial charge is 0.302 e. The monoisotopic (exact) mass is 268 g/mol. The number of hydrogen-bond acceptors (Lipinski definition) is 6. The summed E-state index contributed by atoms with van der Waals surface area (Å²) in [5.74, 6) is 0.0827. The molecular formula is C9H12N6O2S. The maximum Gasteiger partial charge on any atom is 0.307 e. The third kappa shape index (κ3) is 2.56. The Hall–Kier alpha value is -2.16. The first kappa shape index (κ1) is 12.3. The van der Waals surface area contributed by atoms with Gasteiger partial charge in [0, 0.05) is 18.1 Å². The van der Waals surface area contributed by atoms with Gasteiger partial charge in [-0.2, -0.15) is 0 Å². The molecular weight excluding hydrogens is 256 g/mol. The molecule has 0 spiro atoms. The Morgan fingerprint density at radius 1 is 1.56 bits per heavy atom. The molecule has 0 saturated heterocycles. The van der Waals surface area contributed by atoms with Gasteiger partial charge in [0.05, 0.1) is 0 Å². The highest BCUT2D eigenvalue weighted by atomic mass is 32.1. The number of hydrazine groups is 1. The molecule has 9 heteroatoms. The number of hydrogen-bond donors (Lipinski definition) is 2. The van der Waals surface area contributed by atoms with E-state index < -0.39 is 0 Å². The molecule has 0 fully saturated rings. The maximum absolute atomic E-state index is 11.6. The van der Waals surface area contributed by atoms with Crippen molar-refractivity contribution in [2.75, 3.05) is 5.43 Å². The van der Waals surface area contributed by atoms with Crippen LogP contribution in [-0.4, -0.2) is 25.2 Å². The number of nitrogens with one attached hydrogen (secondary N) is 2. The van der Waals surface area contributed by atoms with Crippen molar-refractivity contribution in [3.8, 4) is 0 Å². The minimum absolute atomic E-state index is 0.0288. The maximum atomic E-state index is 11.6. The van der Waals surface area contributed by atoms with Gasteiger partial charge in [0.15, 0.2) is 0 Å². The quantitative estimate of drug-likeness (QED) is 0.728. The van der Waals surface area contributed by atoms with Crippen molar-refractivity contribution in [2.45, 2.75) is 13.5 Å². The highest BCUT2D eigenvalue weighted by molar-refractivity contribution is 7.07. The molecule has 2 N–H and O–H groups in total. The number of anilines is 1. The SMILES string of the molecule is Cc1csc(=O)n1CC(=O)NNc1nncn1C. The lowest BCUT2D eigenvalue weighted by molar-refractivity contribution is -0.121. The summed E-state index contributed by atoms with van der Waals surface area (Å²) in [4.78, 5) is 22.9. The van der Waals surface area contributed by atoms with Crippen LogP contribution in [0.1, 0.15) is 5.69 Å². The van der Waals surface area contributed by atoms with Gasteiger partial charge < -0.3 is 4.57 Å². The summed E-state index contributed by atoms with van der Waals surface area (Å²) >= 11 is 1.07. The van der Waals surface area contributed by atoms with Gasteiger partial charge in [0.1, 0.15) is 12.9 Å². The number of carbonyl (C=O) groups excluding carboxylic acids is 1. The van der Waals surface area contributed by atoms with Gasteiger partial charge in [0.2, 0.25) is 5.95 Å². The van der Waals surface area contributed by atoms with Gasteiger partial charge in [-0.15, -0.1) is 10.2 Å². The first-order valence-electron chi connectivity index (χ1n) is 5.11. The van der Waals surface area contributed by atoms with Crippen molar-refractivity contribution >= 4 is 23.2 Å². The molecule has 0 bridgehead atoms. The number of aromatic nitrogens is 4. The van der Waals surface area contributed by atoms with Gasteiger partial charge in [-0.05, 0) is 6.92 Å². The second-order valence-electron chi connectivity index (χ2n) is 3.67. The van der Waals surface area contributed by atoms with Gasteiger partial charge in [-0.3, -0.25) is 25.0 Å². The number of aryl methyl sites for hydroxylation is 2. The van der Waals surface area contributed by atoms with Crippen molar-refractivity contribution in [3.05, 3.63) is 27.1 Å². The second kappa shape index (κ2) is 5.00. The molecule has 96 valence electrons. The van der Waals surface area contributed by atoms with E-state index in [0.29, 0.717) is 5.95 Å². The predicted molar refractivity (Wildman–Crippen MR) is 66.1 cm³/mol. The van der Waals surface area contributed by atoms with Crippen LogP contribution in [0.4, 0.5) is 5.95 Å². The van der Waals surface area contributed by atoms with E-state index in [-0.39, 0.29) is 17.3 Å². The summed E-state index contributed by atoms with van der Waals surface area (Å²) in [6.45, 7) is 1.75. The van der Waals surface area contributed by atoms with E-state index in [1.54, 1.807) is 23.9 Å². The van der Waals surface area contributed by atoms with Crippen molar-refractivity contribution in [3.63, 3.8) is 0 Å². The summed E-state index contributed by atoms with van der Waals surface area (Å²) < 4.78 is 3.01. The largest absolute Gasteiger partial charge is 0.307 e. The summed E-state index contributed by atoms with van der Waals surface area (Å²) in [6, 6.07) is 0. The zero-order valence-corrected chi connectivity index (χ0v) is 10.7. The molecule has 0 radical (unpaired) electrons. The van der Waals surface area contributed by atoms with E-state index in [1.165, 1.54) is 10.9 Å². The molecule has 2 rings (SSSR count). The van der Waals surface area contributed by atoms with Crippen LogP contribution >= 0.6 is 11.3 Å². The predicted octanol–water partition coefficient (Wildman–Crippen LogP) is -0.510. The Balaban J connectivity index is 1.94. The average Bonchev–Trinajstić information content (AvgIpc) is 2.87. The van der Waals surface area contributed by atoms with E-state index >= 15 is 0 Å². The zero-order chi connectivity index (χ0) is 13.1. The number of carbonyl (C=O) groups is 1. The summed E-state index contributed by atoms with van der Waals surface area (Å²) in [5, 5.41) is 9.10. The van der Waals surface area contributed by atoms with E-state index in [9.17, 15) is 9.59 Å². The lowest BCUT2D eigenvalue weighted by Gasteiger charge is -2.08. The summed E-state index contributed by atoms with van der Waals surface area (Å²) in [5.41, 5.74) is 5.84. The fraction of sp³-hybridized carbons (Fsp3) is 0.333. The molecule has 8 nitrogen and oxygen atoms in total. The number of thiazole rings is 1. The van der Waals surface area contributed by atoms with Gasteiger partial charge in [0.25, 0.3) is 5.91 Å². The van der Waals surface area contributed by atoms with Gasteiger partial charge in [-0.1, -0.05) is 11.3 Å². The number of nitrogens with zero attached hydrogens (tertiary/aromatic N) is 4. The molecule has 0 saturated carbocycles. The fourth-order valence-electron chi connectivity index (χ4n) is 1.30. The van der Waals surface area contributed by atoms with Crippen LogP contribution in [-0.2, 0) is 18.4 Å². The molecule has 0 atom stereocenters. The van der Waals surface area contributed by atoms with Crippen LogP contribution in [0.5, 0.6) is 0 Å². The third-order valence-electron chi connectivity index (χ3n) is 2.30. The molecule has 0 aliphatic carbocycles. The number of rotatable bonds is 4. The highest BCUT2D eigenvalue weighted by Crippen LogP contribution is 1.99. The van der Waals surface area contributed by atoms with Crippen LogP contribution in [0.25, 0.3) is 0 Å². The normalized spacial score (nSPS) is 10.3. The van der Waals surface area contributed by atoms with Crippen molar-refractivity contribution in [1.29, 1.82) is 0 Å². The third-order valence-corrected chi connectivity index (χ3v) is 3.18. The summed E-state index contributed by atoms with van der Waals surface area (Å²) in [7, 11) is 1.74. The molecule has 2 heterocycles. The van der Waals surface area contributed by atoms with Crippen LogP contribution in [0.3, 0.4) is 0 Å². The Labute approximate surface area is 106 Å². The van der Waals surface area contributed by atoms with Crippen molar-refractivity contribution < 1.29 is 4.79 Å². The number of amides is 1. The van der Waals surface area contributed by atoms with Crippen LogP contribution in [0.15, 0.2) is 16.5 Å². The Kier molecular flexibility index (Phi) is 3.42. The molecule has 0 unspecified atom stereocenters. The van der Waals surface area contributed by atoms with E-state index in [2.05, 4.69) is 21.0 Å². The Morgan fingerprint density at radius 3 is 2.89 bits per heavy atom. The lowest BCUT2D eigenvalue weighted by Crippen LogP contribution is -2.35. The topological polar surface area (TPSA) is 93.8 Å². The van der Waals surface area contributed by atoms with E-state index in [4.69, 9.17) is 0 Å². The standard InChI is InChI=1S/C9H12N6O2S/c1-6-4-18-9(17)15(6)3-7(16)11-13-8-12-10-5-14(8)2/h4-5H,3H2,1-2H3,(H,11,16)(H,12,13). The lowest BCUT2D eigenvalue weighted by atomic mass is 10.5. The van der Waals surface area contributed by atoms with Crippen LogP contribution in [0.2, 0.25) is 0 Å². The van der Waals surface area contributed by atoms with Crippen LogP contribution in [0, 0.1) is 6.92 Å². The molecule has 1 amide bonds. The first-order valence-corrected chi connectivity index (χ1v) is 5.99. The van der Waals surface area contributed by atoms with E-state index in [0.717, 1.165) is 17.0 Å².